The van der Waals surface area contributed by atoms with Crippen LogP contribution >= 0.6 is 0 Å². The fourth-order valence-electron chi connectivity index (χ4n) is 2.52. The lowest BCUT2D eigenvalue weighted by atomic mass is 9.82. The molecule has 0 bridgehead atoms. The Bertz CT molecular complexity index is 379. The van der Waals surface area contributed by atoms with Gasteiger partial charge in [0.25, 0.3) is 0 Å². The normalized spacial score (nSPS) is 12.1. The molecule has 1 radical (unpaired) electrons. The molecule has 0 amide bonds. The van der Waals surface area contributed by atoms with Crippen LogP contribution in [0.1, 0.15) is 57.6 Å². The molecule has 1 aromatic carbocycles. The van der Waals surface area contributed by atoms with Gasteiger partial charge in [-0.3, -0.25) is 0 Å². The molecule has 113 valence electrons. The highest BCUT2D eigenvalue weighted by molar-refractivity contribution is 6.48. The van der Waals surface area contributed by atoms with E-state index in [-0.39, 0.29) is 5.41 Å². The van der Waals surface area contributed by atoms with Gasteiger partial charge in [-0.15, -0.1) is 0 Å². The minimum Gasteiger partial charge on any atom is -0.417 e. The first-order valence-electron chi connectivity index (χ1n) is 7.92. The summed E-state index contributed by atoms with van der Waals surface area (Å²) in [7, 11) is -0.491. The molecule has 0 unspecified atom stereocenters. The number of unbranched alkanes of at least 4 members (excludes halogenated alkanes) is 3. The van der Waals surface area contributed by atoms with Crippen molar-refractivity contribution < 1.29 is 4.43 Å². The van der Waals surface area contributed by atoms with E-state index in [1.807, 2.05) is 0 Å². The summed E-state index contributed by atoms with van der Waals surface area (Å²) in [6.07, 6.45) is 6.34. The van der Waals surface area contributed by atoms with Crippen LogP contribution in [0.5, 0.6) is 0 Å². The molecule has 1 rings (SSSR count). The zero-order valence-corrected chi connectivity index (χ0v) is 15.0. The summed E-state index contributed by atoms with van der Waals surface area (Å²) in [6.45, 7) is 12.3. The van der Waals surface area contributed by atoms with Crippen LogP contribution in [0.25, 0.3) is 0 Å². The molecule has 0 fully saturated rings. The van der Waals surface area contributed by atoms with Crippen molar-refractivity contribution >= 4 is 9.04 Å². The molecule has 0 saturated heterocycles. The fourth-order valence-corrected chi connectivity index (χ4v) is 3.07. The quantitative estimate of drug-likeness (QED) is 0.463. The Labute approximate surface area is 127 Å². The molecule has 0 aliphatic carbocycles. The maximum absolute atomic E-state index is 5.67. The molecule has 0 N–H and O–H groups in total. The van der Waals surface area contributed by atoms with E-state index in [1.54, 1.807) is 0 Å². The van der Waals surface area contributed by atoms with Crippen LogP contribution < -0.4 is 0 Å². The molecular formula is C18H31OSi. The van der Waals surface area contributed by atoms with Gasteiger partial charge in [-0.2, -0.15) is 0 Å². The number of hydrogen-bond acceptors (Lipinski definition) is 1. The monoisotopic (exact) mass is 291 g/mol. The maximum Gasteiger partial charge on any atom is 0.204 e. The number of benzene rings is 1. The number of rotatable bonds is 8. The van der Waals surface area contributed by atoms with Crippen molar-refractivity contribution in [2.24, 2.45) is 0 Å². The van der Waals surface area contributed by atoms with Crippen LogP contribution in [0.4, 0.5) is 0 Å². The van der Waals surface area contributed by atoms with Gasteiger partial charge in [-0.05, 0) is 48.9 Å². The first kappa shape index (κ1) is 17.4. The molecule has 1 nitrogen and oxygen atoms in total. The molecule has 1 aromatic rings. The Balaban J connectivity index is 2.29. The summed E-state index contributed by atoms with van der Waals surface area (Å²) in [4.78, 5) is 0. The minimum absolute atomic E-state index is 0.255. The van der Waals surface area contributed by atoms with E-state index >= 15 is 0 Å². The highest BCUT2D eigenvalue weighted by Crippen LogP contribution is 2.26. The van der Waals surface area contributed by atoms with Crippen molar-refractivity contribution in [1.29, 1.82) is 0 Å². The van der Waals surface area contributed by atoms with E-state index in [1.165, 1.54) is 43.2 Å². The summed E-state index contributed by atoms with van der Waals surface area (Å²) < 4.78 is 5.67. The molecule has 0 aliphatic rings. The topological polar surface area (TPSA) is 9.23 Å². The van der Waals surface area contributed by atoms with Crippen LogP contribution in [0.2, 0.25) is 13.1 Å². The average Bonchev–Trinajstić information content (AvgIpc) is 2.36. The summed E-state index contributed by atoms with van der Waals surface area (Å²) in [6, 6.07) is 8.92. The molecule has 0 heterocycles. The van der Waals surface area contributed by atoms with Crippen molar-refractivity contribution in [3.8, 4) is 0 Å². The van der Waals surface area contributed by atoms with Crippen LogP contribution in [-0.2, 0) is 16.3 Å². The number of aryl methyl sites for hydroxylation is 1. The van der Waals surface area contributed by atoms with Crippen LogP contribution in [-0.4, -0.2) is 15.6 Å². The summed E-state index contributed by atoms with van der Waals surface area (Å²) >= 11 is 0. The highest BCUT2D eigenvalue weighted by Gasteiger charge is 2.16. The SMILES string of the molecule is C[Si](C)OCCCCCCc1ccccc1C(C)(C)C. The van der Waals surface area contributed by atoms with Gasteiger partial charge < -0.3 is 4.43 Å². The van der Waals surface area contributed by atoms with Crippen molar-refractivity contribution in [3.05, 3.63) is 35.4 Å². The second-order valence-electron chi connectivity index (χ2n) is 6.83. The van der Waals surface area contributed by atoms with Gasteiger partial charge in [0.1, 0.15) is 0 Å². The average molecular weight is 292 g/mol. The molecular weight excluding hydrogens is 260 g/mol. The molecule has 2 heteroatoms. The lowest BCUT2D eigenvalue weighted by Crippen LogP contribution is -2.14. The Morgan fingerprint density at radius 1 is 0.950 bits per heavy atom. The zero-order valence-electron chi connectivity index (χ0n) is 14.0. The van der Waals surface area contributed by atoms with Crippen molar-refractivity contribution in [1.82, 2.24) is 0 Å². The van der Waals surface area contributed by atoms with Crippen molar-refractivity contribution in [2.75, 3.05) is 6.61 Å². The zero-order chi connectivity index (χ0) is 15.0. The van der Waals surface area contributed by atoms with Gasteiger partial charge in [-0.1, -0.05) is 57.9 Å². The molecule has 0 aromatic heterocycles. The van der Waals surface area contributed by atoms with E-state index < -0.39 is 9.04 Å². The Morgan fingerprint density at radius 3 is 2.25 bits per heavy atom. The molecule has 20 heavy (non-hydrogen) atoms. The lowest BCUT2D eigenvalue weighted by molar-refractivity contribution is 0.312. The van der Waals surface area contributed by atoms with Crippen molar-refractivity contribution in [2.45, 2.75) is 71.4 Å². The first-order valence-corrected chi connectivity index (χ1v) is 10.3. The third-order valence-corrected chi connectivity index (χ3v) is 4.34. The maximum atomic E-state index is 5.67. The predicted octanol–water partition coefficient (Wildman–Crippen LogP) is 5.35. The van der Waals surface area contributed by atoms with E-state index in [0.29, 0.717) is 0 Å². The van der Waals surface area contributed by atoms with Crippen molar-refractivity contribution in [3.63, 3.8) is 0 Å². The molecule has 0 spiro atoms. The van der Waals surface area contributed by atoms with Crippen LogP contribution in [0.15, 0.2) is 24.3 Å². The van der Waals surface area contributed by atoms with Crippen LogP contribution in [0.3, 0.4) is 0 Å². The van der Waals surface area contributed by atoms with E-state index in [2.05, 4.69) is 58.1 Å². The smallest absolute Gasteiger partial charge is 0.204 e. The molecule has 0 aliphatic heterocycles. The number of hydrogen-bond donors (Lipinski definition) is 0. The van der Waals surface area contributed by atoms with Gasteiger partial charge in [0.05, 0.1) is 0 Å². The second kappa shape index (κ2) is 8.63. The fraction of sp³-hybridized carbons (Fsp3) is 0.667. The van der Waals surface area contributed by atoms with E-state index in [4.69, 9.17) is 4.43 Å². The Morgan fingerprint density at radius 2 is 1.60 bits per heavy atom. The summed E-state index contributed by atoms with van der Waals surface area (Å²) in [5.41, 5.74) is 3.29. The lowest BCUT2D eigenvalue weighted by Gasteiger charge is -2.22. The summed E-state index contributed by atoms with van der Waals surface area (Å²) in [5.74, 6) is 0. The van der Waals surface area contributed by atoms with E-state index in [0.717, 1.165) is 6.61 Å². The first-order chi connectivity index (χ1) is 9.41. The van der Waals surface area contributed by atoms with Gasteiger partial charge in [0.15, 0.2) is 0 Å². The molecule has 0 saturated carbocycles. The van der Waals surface area contributed by atoms with Crippen LogP contribution in [0, 0.1) is 0 Å². The minimum atomic E-state index is -0.491. The standard InChI is InChI=1S/C18H31OSi/c1-18(2,3)17-14-10-9-13-16(17)12-8-6-7-11-15-19-20(4)5/h9-10,13-14H,6-8,11-12,15H2,1-5H3. The van der Waals surface area contributed by atoms with Gasteiger partial charge in [-0.25, -0.2) is 0 Å². The van der Waals surface area contributed by atoms with E-state index in [9.17, 15) is 0 Å². The second-order valence-corrected chi connectivity index (χ2v) is 8.93. The summed E-state index contributed by atoms with van der Waals surface area (Å²) in [5, 5.41) is 0. The Kier molecular flexibility index (Phi) is 7.53. The third kappa shape index (κ3) is 6.71. The van der Waals surface area contributed by atoms with Gasteiger partial charge in [0.2, 0.25) is 9.04 Å². The third-order valence-electron chi connectivity index (χ3n) is 3.56. The predicted molar refractivity (Wildman–Crippen MR) is 90.7 cm³/mol. The molecule has 0 atom stereocenters. The Hall–Kier alpha value is -0.603. The highest BCUT2D eigenvalue weighted by atomic mass is 28.3. The largest absolute Gasteiger partial charge is 0.417 e. The van der Waals surface area contributed by atoms with Gasteiger partial charge >= 0.3 is 0 Å². The van der Waals surface area contributed by atoms with Gasteiger partial charge in [0, 0.05) is 6.61 Å².